The summed E-state index contributed by atoms with van der Waals surface area (Å²) in [5.41, 5.74) is 0. The summed E-state index contributed by atoms with van der Waals surface area (Å²) < 4.78 is 6.00. The molecule has 0 aliphatic heterocycles. The van der Waals surface area contributed by atoms with E-state index in [1.807, 2.05) is 0 Å². The van der Waals surface area contributed by atoms with Crippen LogP contribution in [0.5, 0.6) is 0 Å². The van der Waals surface area contributed by atoms with Gasteiger partial charge in [0, 0.05) is 6.08 Å². The molecule has 0 unspecified atom stereocenters. The molecule has 0 aliphatic rings. The maximum absolute atomic E-state index is 11.1. The number of ether oxygens (including phenoxy) is 1. The Morgan fingerprint density at radius 2 is 1.14 bits per heavy atom. The summed E-state index contributed by atoms with van der Waals surface area (Å²) >= 11 is 0. The second-order valence-corrected chi connectivity index (χ2v) is 8.70. The van der Waals surface area contributed by atoms with Crippen molar-refractivity contribution in [2.75, 3.05) is 33.8 Å². The van der Waals surface area contributed by atoms with E-state index in [9.17, 15) is 4.79 Å². The number of carbonyl (C=O) groups excluding carboxylic acids is 1. The standard InChI is InChI=1S/C24H48NO2.BrH/c1-5-7-8-9-10-11-12-13-14-15-16-17-18-19-20-21-25(3,4)22-23-27-24(26)6-2;/h6H,2,5,7-23H2,1,3-4H3;1H/q+1;/p-1. The fourth-order valence-electron chi connectivity index (χ4n) is 3.48. The lowest BCUT2D eigenvalue weighted by molar-refractivity contribution is -0.890. The Labute approximate surface area is 186 Å². The highest BCUT2D eigenvalue weighted by molar-refractivity contribution is 5.81. The molecule has 0 amide bonds. The van der Waals surface area contributed by atoms with E-state index in [1.165, 1.54) is 102 Å². The second kappa shape index (κ2) is 21.4. The van der Waals surface area contributed by atoms with Crippen LogP contribution in [0.25, 0.3) is 0 Å². The number of nitrogens with zero attached hydrogens (tertiary/aromatic N) is 1. The van der Waals surface area contributed by atoms with Crippen LogP contribution in [-0.2, 0) is 9.53 Å². The molecular formula is C24H48BrNO2. The summed E-state index contributed by atoms with van der Waals surface area (Å²) in [6.45, 7) is 8.21. The largest absolute Gasteiger partial charge is 1.00 e. The quantitative estimate of drug-likeness (QED) is 0.119. The van der Waals surface area contributed by atoms with Crippen LogP contribution < -0.4 is 17.0 Å². The Kier molecular flexibility index (Phi) is 22.8. The molecule has 0 radical (unpaired) electrons. The molecule has 0 rings (SSSR count). The number of rotatable bonds is 20. The minimum Gasteiger partial charge on any atom is -1.00 e. The lowest BCUT2D eigenvalue weighted by Crippen LogP contribution is -3.00. The maximum Gasteiger partial charge on any atom is 0.330 e. The molecule has 0 saturated carbocycles. The zero-order valence-corrected chi connectivity index (χ0v) is 20.7. The zero-order valence-electron chi connectivity index (χ0n) is 19.2. The van der Waals surface area contributed by atoms with Crippen molar-refractivity contribution in [1.82, 2.24) is 0 Å². The van der Waals surface area contributed by atoms with Crippen molar-refractivity contribution in [2.24, 2.45) is 0 Å². The van der Waals surface area contributed by atoms with Gasteiger partial charge in [0.15, 0.2) is 0 Å². The molecule has 0 spiro atoms. The highest BCUT2D eigenvalue weighted by atomic mass is 79.9. The molecule has 0 fully saturated rings. The highest BCUT2D eigenvalue weighted by Crippen LogP contribution is 2.13. The van der Waals surface area contributed by atoms with Crippen LogP contribution in [0.15, 0.2) is 12.7 Å². The van der Waals surface area contributed by atoms with Gasteiger partial charge in [-0.2, -0.15) is 0 Å². The Hall–Kier alpha value is -0.350. The fourth-order valence-corrected chi connectivity index (χ4v) is 3.48. The van der Waals surface area contributed by atoms with Crippen molar-refractivity contribution in [2.45, 2.75) is 103 Å². The molecule has 4 heteroatoms. The normalized spacial score (nSPS) is 11.1. The second-order valence-electron chi connectivity index (χ2n) is 8.70. The first-order chi connectivity index (χ1) is 13.0. The van der Waals surface area contributed by atoms with E-state index in [4.69, 9.17) is 4.74 Å². The van der Waals surface area contributed by atoms with Gasteiger partial charge in [-0.05, 0) is 12.8 Å². The number of quaternary nitrogens is 1. The van der Waals surface area contributed by atoms with E-state index in [-0.39, 0.29) is 23.0 Å². The zero-order chi connectivity index (χ0) is 20.2. The Balaban J connectivity index is 0. The van der Waals surface area contributed by atoms with E-state index >= 15 is 0 Å². The topological polar surface area (TPSA) is 26.3 Å². The van der Waals surface area contributed by atoms with Gasteiger partial charge in [-0.15, -0.1) is 0 Å². The molecule has 0 bridgehead atoms. The molecule has 0 aromatic rings. The Morgan fingerprint density at radius 1 is 0.750 bits per heavy atom. The van der Waals surface area contributed by atoms with Crippen LogP contribution in [-0.4, -0.2) is 44.2 Å². The summed E-state index contributed by atoms with van der Waals surface area (Å²) in [6.07, 6.45) is 22.3. The van der Waals surface area contributed by atoms with Crippen molar-refractivity contribution in [3.63, 3.8) is 0 Å². The van der Waals surface area contributed by atoms with Gasteiger partial charge in [0.1, 0.15) is 13.2 Å². The number of likely N-dealkylation sites (N-methyl/N-ethyl adjacent to an activating group) is 1. The molecular weight excluding hydrogens is 414 g/mol. The number of esters is 1. The van der Waals surface area contributed by atoms with Crippen LogP contribution in [0.2, 0.25) is 0 Å². The van der Waals surface area contributed by atoms with Gasteiger partial charge in [0.05, 0.1) is 20.6 Å². The molecule has 0 N–H and O–H groups in total. The molecule has 0 aromatic heterocycles. The Morgan fingerprint density at radius 3 is 1.54 bits per heavy atom. The third-order valence-electron chi connectivity index (χ3n) is 5.47. The predicted octanol–water partition coefficient (Wildman–Crippen LogP) is 3.67. The van der Waals surface area contributed by atoms with Crippen molar-refractivity contribution in [3.05, 3.63) is 12.7 Å². The summed E-state index contributed by atoms with van der Waals surface area (Å²) in [6, 6.07) is 0. The molecule has 28 heavy (non-hydrogen) atoms. The summed E-state index contributed by atoms with van der Waals surface area (Å²) in [5.74, 6) is -0.318. The number of hydrogen-bond donors (Lipinski definition) is 0. The van der Waals surface area contributed by atoms with Gasteiger partial charge in [-0.25, -0.2) is 4.79 Å². The van der Waals surface area contributed by atoms with Gasteiger partial charge < -0.3 is 26.2 Å². The molecule has 0 saturated heterocycles. The van der Waals surface area contributed by atoms with E-state index in [0.29, 0.717) is 6.61 Å². The molecule has 0 aromatic carbocycles. The van der Waals surface area contributed by atoms with Gasteiger partial charge in [-0.1, -0.05) is 97.0 Å². The van der Waals surface area contributed by atoms with Crippen molar-refractivity contribution >= 4 is 5.97 Å². The molecule has 168 valence electrons. The van der Waals surface area contributed by atoms with Gasteiger partial charge in [0.25, 0.3) is 0 Å². The minimum atomic E-state index is -0.318. The monoisotopic (exact) mass is 461 g/mol. The number of hydrogen-bond acceptors (Lipinski definition) is 2. The van der Waals surface area contributed by atoms with E-state index < -0.39 is 0 Å². The fraction of sp³-hybridized carbons (Fsp3) is 0.875. The first-order valence-electron chi connectivity index (χ1n) is 11.6. The number of unbranched alkanes of at least 4 members (excludes halogenated alkanes) is 14. The average molecular weight is 463 g/mol. The minimum absolute atomic E-state index is 0. The average Bonchev–Trinajstić information content (AvgIpc) is 2.64. The summed E-state index contributed by atoms with van der Waals surface area (Å²) in [4.78, 5) is 11.1. The molecule has 0 aliphatic carbocycles. The van der Waals surface area contributed by atoms with E-state index in [2.05, 4.69) is 27.6 Å². The van der Waals surface area contributed by atoms with Crippen LogP contribution in [0, 0.1) is 0 Å². The Bertz CT molecular complexity index is 359. The van der Waals surface area contributed by atoms with Crippen molar-refractivity contribution in [3.8, 4) is 0 Å². The molecule has 0 atom stereocenters. The molecule has 0 heterocycles. The summed E-state index contributed by atoms with van der Waals surface area (Å²) in [5, 5.41) is 0. The van der Waals surface area contributed by atoms with Gasteiger partial charge >= 0.3 is 5.97 Å². The third kappa shape index (κ3) is 21.9. The third-order valence-corrected chi connectivity index (χ3v) is 5.47. The lowest BCUT2D eigenvalue weighted by Gasteiger charge is -2.29. The van der Waals surface area contributed by atoms with Gasteiger partial charge in [-0.3, -0.25) is 0 Å². The van der Waals surface area contributed by atoms with Crippen molar-refractivity contribution < 1.29 is 31.0 Å². The number of carbonyl (C=O) groups is 1. The lowest BCUT2D eigenvalue weighted by atomic mass is 10.0. The van der Waals surface area contributed by atoms with Crippen molar-refractivity contribution in [1.29, 1.82) is 0 Å². The van der Waals surface area contributed by atoms with Crippen LogP contribution in [0.1, 0.15) is 103 Å². The van der Waals surface area contributed by atoms with Gasteiger partial charge in [0.2, 0.25) is 0 Å². The van der Waals surface area contributed by atoms with Crippen LogP contribution in [0.3, 0.4) is 0 Å². The number of halogens is 1. The highest BCUT2D eigenvalue weighted by Gasteiger charge is 2.14. The van der Waals surface area contributed by atoms with E-state index in [1.54, 1.807) is 0 Å². The van der Waals surface area contributed by atoms with Crippen LogP contribution in [0.4, 0.5) is 0 Å². The first kappa shape index (κ1) is 29.8. The molecule has 3 nitrogen and oxygen atoms in total. The predicted molar refractivity (Wildman–Crippen MR) is 118 cm³/mol. The van der Waals surface area contributed by atoms with Crippen LogP contribution >= 0.6 is 0 Å². The first-order valence-corrected chi connectivity index (χ1v) is 11.6. The SMILES string of the molecule is C=CC(=O)OCC[N+](C)(C)CCCCCCCCCCCCCCCCC.[Br-]. The summed E-state index contributed by atoms with van der Waals surface area (Å²) in [7, 11) is 4.43. The smallest absolute Gasteiger partial charge is 0.330 e. The van der Waals surface area contributed by atoms with E-state index in [0.717, 1.165) is 17.6 Å². The maximum atomic E-state index is 11.1.